The van der Waals surface area contributed by atoms with E-state index >= 15 is 0 Å². The van der Waals surface area contributed by atoms with Crippen LogP contribution in [0.25, 0.3) is 0 Å². The number of anilines is 1. The Morgan fingerprint density at radius 3 is 2.94 bits per heavy atom. The van der Waals surface area contributed by atoms with E-state index < -0.39 is 4.92 Å². The molecule has 0 bridgehead atoms. The molecular formula is C12H16ClN3O2. The molecule has 0 aromatic carbocycles. The Balaban J connectivity index is 1.98. The molecule has 0 radical (unpaired) electrons. The first-order chi connectivity index (χ1) is 8.54. The molecule has 0 spiro atoms. The molecular weight excluding hydrogens is 254 g/mol. The normalized spacial score (nSPS) is 23.0. The molecule has 2 atom stereocenters. The van der Waals surface area contributed by atoms with Crippen molar-refractivity contribution in [3.05, 3.63) is 27.4 Å². The van der Waals surface area contributed by atoms with Crippen molar-refractivity contribution in [1.82, 2.24) is 4.98 Å². The summed E-state index contributed by atoms with van der Waals surface area (Å²) in [4.78, 5) is 14.3. The molecule has 1 saturated carbocycles. The van der Waals surface area contributed by atoms with Gasteiger partial charge in [0, 0.05) is 6.54 Å². The summed E-state index contributed by atoms with van der Waals surface area (Å²) in [6.07, 6.45) is 3.67. The fraction of sp³-hybridized carbons (Fsp3) is 0.583. The van der Waals surface area contributed by atoms with Crippen molar-refractivity contribution >= 4 is 23.1 Å². The smallest absolute Gasteiger partial charge is 0.276 e. The highest BCUT2D eigenvalue weighted by atomic mass is 35.5. The van der Waals surface area contributed by atoms with Crippen molar-refractivity contribution < 1.29 is 4.92 Å². The topological polar surface area (TPSA) is 68.1 Å². The van der Waals surface area contributed by atoms with E-state index in [2.05, 4.69) is 17.2 Å². The highest BCUT2D eigenvalue weighted by Crippen LogP contribution is 2.30. The molecule has 0 saturated heterocycles. The summed E-state index contributed by atoms with van der Waals surface area (Å²) in [5, 5.41) is 14.0. The van der Waals surface area contributed by atoms with Gasteiger partial charge in [0.15, 0.2) is 0 Å². The maximum absolute atomic E-state index is 10.7. The van der Waals surface area contributed by atoms with Gasteiger partial charge < -0.3 is 5.32 Å². The van der Waals surface area contributed by atoms with Crippen LogP contribution in [0.1, 0.15) is 26.2 Å². The Morgan fingerprint density at radius 2 is 2.33 bits per heavy atom. The number of hydrogen-bond donors (Lipinski definition) is 1. The number of nitrogens with zero attached hydrogens (tertiary/aromatic N) is 2. The molecule has 1 N–H and O–H groups in total. The van der Waals surface area contributed by atoms with Crippen LogP contribution in [0, 0.1) is 22.0 Å². The zero-order valence-electron chi connectivity index (χ0n) is 10.2. The van der Waals surface area contributed by atoms with Crippen molar-refractivity contribution in [1.29, 1.82) is 0 Å². The summed E-state index contributed by atoms with van der Waals surface area (Å²) in [5.41, 5.74) is -0.0303. The largest absolute Gasteiger partial charge is 0.370 e. The first kappa shape index (κ1) is 13.1. The first-order valence-electron chi connectivity index (χ1n) is 6.10. The Labute approximate surface area is 111 Å². The van der Waals surface area contributed by atoms with Crippen LogP contribution in [0.15, 0.2) is 12.1 Å². The van der Waals surface area contributed by atoms with Gasteiger partial charge in [0.05, 0.1) is 17.1 Å². The third-order valence-electron chi connectivity index (χ3n) is 3.36. The van der Waals surface area contributed by atoms with Crippen LogP contribution in [0.4, 0.5) is 11.5 Å². The zero-order valence-corrected chi connectivity index (χ0v) is 11.0. The molecule has 1 aliphatic carbocycles. The van der Waals surface area contributed by atoms with Gasteiger partial charge in [-0.2, -0.15) is 0 Å². The van der Waals surface area contributed by atoms with Crippen LogP contribution in [0.5, 0.6) is 0 Å². The molecule has 1 fully saturated rings. The summed E-state index contributed by atoms with van der Waals surface area (Å²) < 4.78 is 0. The van der Waals surface area contributed by atoms with E-state index in [0.717, 1.165) is 12.5 Å². The third-order valence-corrected chi connectivity index (χ3v) is 3.56. The van der Waals surface area contributed by atoms with Gasteiger partial charge in [-0.25, -0.2) is 4.98 Å². The van der Waals surface area contributed by atoms with Crippen LogP contribution in [0.3, 0.4) is 0 Å². The van der Waals surface area contributed by atoms with E-state index in [1.165, 1.54) is 31.4 Å². The fourth-order valence-electron chi connectivity index (χ4n) is 2.44. The average Bonchev–Trinajstić information content (AvgIpc) is 2.72. The second-order valence-electron chi connectivity index (χ2n) is 4.96. The molecule has 2 rings (SSSR count). The lowest BCUT2D eigenvalue weighted by atomic mass is 10.1. The highest BCUT2D eigenvalue weighted by molar-refractivity contribution is 6.29. The van der Waals surface area contributed by atoms with E-state index in [1.807, 2.05) is 0 Å². The van der Waals surface area contributed by atoms with Crippen molar-refractivity contribution in [2.45, 2.75) is 26.2 Å². The first-order valence-corrected chi connectivity index (χ1v) is 6.48. The molecule has 18 heavy (non-hydrogen) atoms. The Morgan fingerprint density at radius 1 is 1.56 bits per heavy atom. The number of halogens is 1. The maximum Gasteiger partial charge on any atom is 0.276 e. The van der Waals surface area contributed by atoms with Crippen molar-refractivity contribution in [3.8, 4) is 0 Å². The van der Waals surface area contributed by atoms with E-state index in [0.29, 0.717) is 11.7 Å². The number of nitrogens with one attached hydrogen (secondary N) is 1. The van der Waals surface area contributed by atoms with Crippen molar-refractivity contribution in [2.75, 3.05) is 11.9 Å². The van der Waals surface area contributed by atoms with Gasteiger partial charge in [-0.1, -0.05) is 24.9 Å². The number of aromatic nitrogens is 1. The van der Waals surface area contributed by atoms with Gasteiger partial charge in [-0.3, -0.25) is 10.1 Å². The minimum Gasteiger partial charge on any atom is -0.370 e. The lowest BCUT2D eigenvalue weighted by Gasteiger charge is -2.11. The van der Waals surface area contributed by atoms with Crippen LogP contribution in [-0.4, -0.2) is 16.5 Å². The van der Waals surface area contributed by atoms with Crippen LogP contribution >= 0.6 is 11.6 Å². The number of nitro groups is 1. The number of pyridine rings is 1. The monoisotopic (exact) mass is 269 g/mol. The predicted molar refractivity (Wildman–Crippen MR) is 70.9 cm³/mol. The van der Waals surface area contributed by atoms with Gasteiger partial charge >= 0.3 is 0 Å². The Bertz CT molecular complexity index is 453. The van der Waals surface area contributed by atoms with Gasteiger partial charge in [0.2, 0.25) is 0 Å². The van der Waals surface area contributed by atoms with Gasteiger partial charge in [-0.05, 0) is 24.7 Å². The summed E-state index contributed by atoms with van der Waals surface area (Å²) >= 11 is 5.76. The minimum absolute atomic E-state index is 0.0303. The Kier molecular flexibility index (Phi) is 4.01. The molecule has 1 heterocycles. The molecule has 0 aliphatic heterocycles. The molecule has 2 unspecified atom stereocenters. The van der Waals surface area contributed by atoms with Crippen molar-refractivity contribution in [3.63, 3.8) is 0 Å². The second-order valence-corrected chi connectivity index (χ2v) is 5.34. The summed E-state index contributed by atoms with van der Waals surface area (Å²) in [5.74, 6) is 1.88. The highest BCUT2D eigenvalue weighted by Gasteiger charge is 2.21. The van der Waals surface area contributed by atoms with Crippen LogP contribution in [0.2, 0.25) is 5.15 Å². The van der Waals surface area contributed by atoms with E-state index in [4.69, 9.17) is 11.6 Å². The standard InChI is InChI=1S/C12H16ClN3O2/c1-8-2-3-9(4-8)7-14-12-6-10(16(17)18)5-11(13)15-12/h5-6,8-9H,2-4,7H2,1H3,(H,14,15). The fourth-order valence-corrected chi connectivity index (χ4v) is 2.64. The zero-order chi connectivity index (χ0) is 13.1. The Hall–Kier alpha value is -1.36. The third kappa shape index (κ3) is 3.32. The average molecular weight is 270 g/mol. The second kappa shape index (κ2) is 5.52. The predicted octanol–water partition coefficient (Wildman–Crippen LogP) is 3.49. The van der Waals surface area contributed by atoms with E-state index in [9.17, 15) is 10.1 Å². The van der Waals surface area contributed by atoms with Crippen LogP contribution in [-0.2, 0) is 0 Å². The lowest BCUT2D eigenvalue weighted by Crippen LogP contribution is -2.12. The summed E-state index contributed by atoms with van der Waals surface area (Å²) in [6, 6.07) is 2.68. The molecule has 98 valence electrons. The molecule has 1 aromatic heterocycles. The van der Waals surface area contributed by atoms with Gasteiger partial charge in [0.25, 0.3) is 5.69 Å². The van der Waals surface area contributed by atoms with Crippen LogP contribution < -0.4 is 5.32 Å². The number of rotatable bonds is 4. The summed E-state index contributed by atoms with van der Waals surface area (Å²) in [6.45, 7) is 3.05. The maximum atomic E-state index is 10.7. The summed E-state index contributed by atoms with van der Waals surface area (Å²) in [7, 11) is 0. The van der Waals surface area contributed by atoms with E-state index in [1.54, 1.807) is 0 Å². The van der Waals surface area contributed by atoms with E-state index in [-0.39, 0.29) is 10.8 Å². The minimum atomic E-state index is -0.462. The van der Waals surface area contributed by atoms with Crippen molar-refractivity contribution in [2.24, 2.45) is 11.8 Å². The van der Waals surface area contributed by atoms with Gasteiger partial charge in [-0.15, -0.1) is 0 Å². The lowest BCUT2D eigenvalue weighted by molar-refractivity contribution is -0.384. The molecule has 6 heteroatoms. The SMILES string of the molecule is CC1CCC(CNc2cc([N+](=O)[O-])cc(Cl)n2)C1. The molecule has 1 aliphatic rings. The quantitative estimate of drug-likeness (QED) is 0.516. The number of hydrogen-bond acceptors (Lipinski definition) is 4. The molecule has 1 aromatic rings. The molecule has 0 amide bonds. The molecule has 5 nitrogen and oxygen atoms in total. The van der Waals surface area contributed by atoms with Gasteiger partial charge in [0.1, 0.15) is 11.0 Å².